The molecule has 0 aliphatic heterocycles. The molecule has 95 heavy (non-hydrogen) atoms. The molecule has 0 heterocycles. The Hall–Kier alpha value is -2.29. The Labute approximate surface area is 590 Å². The third-order valence-corrected chi connectivity index (χ3v) is 19.9. The number of ether oxygens (including phenoxy) is 2. The topological polar surface area (TPSA) is 134 Å². The molecule has 0 aromatic heterocycles. The summed E-state index contributed by atoms with van der Waals surface area (Å²) in [6.07, 6.45) is 107. The molecule has 0 amide bonds. The van der Waals surface area contributed by atoms with Gasteiger partial charge in [0.15, 0.2) is 6.10 Å². The minimum absolute atomic E-state index is 0.0563. The molecule has 2 unspecified atom stereocenters. The molecule has 2 atom stereocenters. The monoisotopic (exact) mass is 1350 g/mol. The van der Waals surface area contributed by atoms with Crippen LogP contribution in [0, 0.1) is 0 Å². The summed E-state index contributed by atoms with van der Waals surface area (Å²) in [4.78, 5) is 35.5. The predicted molar refractivity (Wildman–Crippen MR) is 413 cm³/mol. The van der Waals surface area contributed by atoms with E-state index in [1.807, 2.05) is 0 Å². The van der Waals surface area contributed by atoms with E-state index in [2.05, 4.69) is 74.6 Å². The molecule has 0 bridgehead atoms. The van der Waals surface area contributed by atoms with Gasteiger partial charge in [0.05, 0.1) is 13.2 Å². The summed E-state index contributed by atoms with van der Waals surface area (Å²) in [6.45, 7) is 3.72. The highest BCUT2D eigenvalue weighted by Gasteiger charge is 2.26. The quantitative estimate of drug-likeness (QED) is 0.0264. The summed E-state index contributed by atoms with van der Waals surface area (Å²) in [5.41, 5.74) is 5.42. The first-order valence-electron chi connectivity index (χ1n) is 41.8. The number of carbonyl (C=O) groups excluding carboxylic acids is 2. The molecule has 0 saturated carbocycles. The van der Waals surface area contributed by atoms with Gasteiger partial charge in [0.1, 0.15) is 6.61 Å². The summed E-state index contributed by atoms with van der Waals surface area (Å²) in [5, 5.41) is 0. The summed E-state index contributed by atoms with van der Waals surface area (Å²) in [7, 11) is -4.39. The van der Waals surface area contributed by atoms with E-state index < -0.39 is 26.5 Å². The first-order chi connectivity index (χ1) is 46.8. The standard InChI is InChI=1S/C85H160NO8P/c1-3-5-7-9-11-13-15-17-19-21-23-25-27-29-31-33-35-37-38-39-40-41-42-43-44-46-48-50-52-54-56-58-60-62-64-66-68-70-72-74-76-78-85(88)94-83(82-93-95(89,90)92-80-79-86)81-91-84(87)77-75-73-71-69-67-65-63-61-59-57-55-53-51-49-47-45-36-34-32-30-28-26-24-22-20-18-16-14-12-10-8-6-4-2/h5,7,11,13,17,19,23,25,29,31,83H,3-4,6,8-10,12,14-16,18,20-22,24,26-28,30,32-82,86H2,1-2H3,(H,89,90)/b7-5-,13-11-,19-17-,25-23-,31-29-. The van der Waals surface area contributed by atoms with Crippen LogP contribution >= 0.6 is 7.82 Å². The van der Waals surface area contributed by atoms with E-state index in [0.717, 1.165) is 64.2 Å². The van der Waals surface area contributed by atoms with E-state index in [4.69, 9.17) is 24.3 Å². The summed E-state index contributed by atoms with van der Waals surface area (Å²) >= 11 is 0. The van der Waals surface area contributed by atoms with E-state index in [0.29, 0.717) is 6.42 Å². The van der Waals surface area contributed by atoms with Gasteiger partial charge in [-0.25, -0.2) is 4.57 Å². The normalized spacial score (nSPS) is 13.1. The van der Waals surface area contributed by atoms with Gasteiger partial charge in [-0.3, -0.25) is 18.6 Å². The zero-order chi connectivity index (χ0) is 68.6. The maximum absolute atomic E-state index is 12.8. The number of nitrogens with two attached hydrogens (primary N) is 1. The number of rotatable bonds is 80. The molecule has 0 aliphatic rings. The van der Waals surface area contributed by atoms with Gasteiger partial charge in [-0.05, 0) is 57.8 Å². The van der Waals surface area contributed by atoms with Gasteiger partial charge >= 0.3 is 19.8 Å². The fourth-order valence-electron chi connectivity index (χ4n) is 12.8. The van der Waals surface area contributed by atoms with Crippen molar-refractivity contribution in [2.24, 2.45) is 5.73 Å². The SMILES string of the molecule is CC/C=C\C/C=C\C/C=C\C/C=C\C/C=C\CCCCCCCCCCCCCCCCCCCCCCCCCCCC(=O)OC(COC(=O)CCCCCCCCCCCCCCCCCCCCCCCCCCCCCCCCCCC)COP(=O)(O)OCCN. The molecule has 0 saturated heterocycles. The lowest BCUT2D eigenvalue weighted by atomic mass is 10.0. The Kier molecular flexibility index (Phi) is 78.7. The van der Waals surface area contributed by atoms with Crippen LogP contribution in [0.1, 0.15) is 438 Å². The van der Waals surface area contributed by atoms with Crippen LogP contribution in [-0.2, 0) is 32.7 Å². The van der Waals surface area contributed by atoms with E-state index in [1.54, 1.807) is 0 Å². The Morgan fingerprint density at radius 1 is 0.326 bits per heavy atom. The lowest BCUT2D eigenvalue weighted by Gasteiger charge is -2.19. The molecule has 0 spiro atoms. The molecule has 0 aromatic rings. The summed E-state index contributed by atoms with van der Waals surface area (Å²) in [6, 6.07) is 0. The molecule has 0 fully saturated rings. The molecule has 0 aliphatic carbocycles. The van der Waals surface area contributed by atoms with Gasteiger partial charge in [-0.1, -0.05) is 428 Å². The first-order valence-corrected chi connectivity index (χ1v) is 43.3. The van der Waals surface area contributed by atoms with Crippen LogP contribution in [0.25, 0.3) is 0 Å². The fraction of sp³-hybridized carbons (Fsp3) is 0.859. The van der Waals surface area contributed by atoms with Gasteiger partial charge in [-0.15, -0.1) is 0 Å². The lowest BCUT2D eigenvalue weighted by molar-refractivity contribution is -0.161. The average molecular weight is 1360 g/mol. The summed E-state index contributed by atoms with van der Waals surface area (Å²) in [5.74, 6) is -0.800. The average Bonchev–Trinajstić information content (AvgIpc) is 2.75. The van der Waals surface area contributed by atoms with Crippen molar-refractivity contribution in [1.82, 2.24) is 0 Å². The fourth-order valence-corrected chi connectivity index (χ4v) is 13.6. The van der Waals surface area contributed by atoms with Crippen molar-refractivity contribution < 1.29 is 37.6 Å². The lowest BCUT2D eigenvalue weighted by Crippen LogP contribution is -2.29. The van der Waals surface area contributed by atoms with E-state index >= 15 is 0 Å². The number of allylic oxidation sites excluding steroid dienone is 10. The van der Waals surface area contributed by atoms with Gasteiger partial charge in [0, 0.05) is 19.4 Å². The van der Waals surface area contributed by atoms with Crippen molar-refractivity contribution in [3.05, 3.63) is 60.8 Å². The molecular formula is C85H160NO8P. The highest BCUT2D eigenvalue weighted by molar-refractivity contribution is 7.47. The zero-order valence-corrected chi connectivity index (χ0v) is 64.1. The van der Waals surface area contributed by atoms with Gasteiger partial charge in [-0.2, -0.15) is 0 Å². The van der Waals surface area contributed by atoms with Crippen LogP contribution in [0.4, 0.5) is 0 Å². The Morgan fingerprint density at radius 3 is 0.863 bits per heavy atom. The number of hydrogen-bond acceptors (Lipinski definition) is 8. The van der Waals surface area contributed by atoms with Crippen LogP contribution in [0.5, 0.6) is 0 Å². The largest absolute Gasteiger partial charge is 0.472 e. The number of phosphoric acid groups is 1. The van der Waals surface area contributed by atoms with Gasteiger partial charge < -0.3 is 20.1 Å². The number of hydrogen-bond donors (Lipinski definition) is 2. The molecular weight excluding hydrogens is 1190 g/mol. The Bertz CT molecular complexity index is 1750. The van der Waals surface area contributed by atoms with Crippen molar-refractivity contribution in [3.63, 3.8) is 0 Å². The number of phosphoric ester groups is 1. The Morgan fingerprint density at radius 2 is 0.579 bits per heavy atom. The highest BCUT2D eigenvalue weighted by Crippen LogP contribution is 2.43. The number of unbranched alkanes of at least 4 members (excludes halogenated alkanes) is 57. The van der Waals surface area contributed by atoms with Crippen LogP contribution in [0.3, 0.4) is 0 Å². The summed E-state index contributed by atoms with van der Waals surface area (Å²) < 4.78 is 33.3. The molecule has 3 N–H and O–H groups in total. The second kappa shape index (κ2) is 80.7. The highest BCUT2D eigenvalue weighted by atomic mass is 31.2. The third kappa shape index (κ3) is 80.6. The van der Waals surface area contributed by atoms with Gasteiger partial charge in [0.2, 0.25) is 0 Å². The minimum atomic E-state index is -4.39. The molecule has 0 rings (SSSR count). The van der Waals surface area contributed by atoms with Crippen LogP contribution in [0.15, 0.2) is 60.8 Å². The molecule has 9 nitrogen and oxygen atoms in total. The molecule has 0 aromatic carbocycles. The number of carbonyl (C=O) groups is 2. The number of esters is 2. The molecule has 0 radical (unpaired) electrons. The van der Waals surface area contributed by atoms with E-state index in [9.17, 15) is 19.0 Å². The van der Waals surface area contributed by atoms with Crippen molar-refractivity contribution in [2.75, 3.05) is 26.4 Å². The second-order valence-corrected chi connectivity index (χ2v) is 29.8. The maximum atomic E-state index is 12.8. The molecule has 558 valence electrons. The predicted octanol–water partition coefficient (Wildman–Crippen LogP) is 28.1. The smallest absolute Gasteiger partial charge is 0.462 e. The second-order valence-electron chi connectivity index (χ2n) is 28.3. The van der Waals surface area contributed by atoms with Crippen LogP contribution in [-0.4, -0.2) is 49.3 Å². The van der Waals surface area contributed by atoms with E-state index in [-0.39, 0.29) is 38.6 Å². The zero-order valence-electron chi connectivity index (χ0n) is 63.2. The van der Waals surface area contributed by atoms with Crippen molar-refractivity contribution in [2.45, 2.75) is 444 Å². The van der Waals surface area contributed by atoms with Crippen LogP contribution in [0.2, 0.25) is 0 Å². The van der Waals surface area contributed by atoms with Crippen molar-refractivity contribution in [3.8, 4) is 0 Å². The van der Waals surface area contributed by atoms with Gasteiger partial charge in [0.25, 0.3) is 0 Å². The third-order valence-electron chi connectivity index (χ3n) is 18.9. The van der Waals surface area contributed by atoms with Crippen molar-refractivity contribution in [1.29, 1.82) is 0 Å². The first kappa shape index (κ1) is 92.7. The maximum Gasteiger partial charge on any atom is 0.472 e. The molecule has 10 heteroatoms. The van der Waals surface area contributed by atoms with E-state index in [1.165, 1.54) is 340 Å². The van der Waals surface area contributed by atoms with Crippen LogP contribution < -0.4 is 5.73 Å². The van der Waals surface area contributed by atoms with Crippen molar-refractivity contribution >= 4 is 19.8 Å². The minimum Gasteiger partial charge on any atom is -0.462 e. The Balaban J connectivity index is 3.73.